The molecule has 1 atom stereocenters. The summed E-state index contributed by atoms with van der Waals surface area (Å²) in [5.41, 5.74) is 2.79. The number of hydrogen-bond donors (Lipinski definition) is 1. The molecule has 5 rings (SSSR count). The van der Waals surface area contributed by atoms with Gasteiger partial charge in [0.15, 0.2) is 16.7 Å². The topological polar surface area (TPSA) is 103 Å². The smallest absolute Gasteiger partial charge is 0.251 e. The first-order valence-corrected chi connectivity index (χ1v) is 14.1. The Bertz CT molecular complexity index is 1580. The molecular weight excluding hydrogens is 559 g/mol. The van der Waals surface area contributed by atoms with Crippen LogP contribution >= 0.6 is 11.8 Å². The van der Waals surface area contributed by atoms with Gasteiger partial charge in [-0.2, -0.15) is 0 Å². The number of nitrogens with zero attached hydrogens (tertiary/aromatic N) is 3. The number of carbonyl (C=O) groups is 2. The summed E-state index contributed by atoms with van der Waals surface area (Å²) in [5, 5.41) is 3.34. The molecule has 1 aromatic heterocycles. The molecule has 42 heavy (non-hydrogen) atoms. The lowest BCUT2D eigenvalue weighted by Crippen LogP contribution is -2.42. The number of thioether (sulfide) groups is 1. The Morgan fingerprint density at radius 2 is 1.71 bits per heavy atom. The molecule has 0 unspecified atom stereocenters. The first-order valence-electron chi connectivity index (χ1n) is 13.1. The van der Waals surface area contributed by atoms with Gasteiger partial charge in [0, 0.05) is 29.2 Å². The third-order valence-corrected chi connectivity index (χ3v) is 7.37. The van der Waals surface area contributed by atoms with Crippen molar-refractivity contribution in [2.75, 3.05) is 25.0 Å². The Hall–Kier alpha value is -4.64. The van der Waals surface area contributed by atoms with Crippen molar-refractivity contribution in [3.05, 3.63) is 101 Å². The molecule has 11 heteroatoms. The Kier molecular flexibility index (Phi) is 8.87. The summed E-state index contributed by atoms with van der Waals surface area (Å²) in [6.45, 7) is 3.59. The lowest BCUT2D eigenvalue weighted by Gasteiger charge is -2.31. The molecule has 0 fully saturated rings. The Balaban J connectivity index is 1.52. The molecule has 1 aliphatic heterocycles. The quantitative estimate of drug-likeness (QED) is 0.192. The molecule has 1 N–H and O–H groups in total. The van der Waals surface area contributed by atoms with Gasteiger partial charge >= 0.3 is 0 Å². The fourth-order valence-corrected chi connectivity index (χ4v) is 5.38. The van der Waals surface area contributed by atoms with Crippen LogP contribution in [-0.2, 0) is 16.1 Å². The van der Waals surface area contributed by atoms with E-state index in [9.17, 15) is 14.0 Å². The van der Waals surface area contributed by atoms with Crippen LogP contribution in [0.3, 0.4) is 0 Å². The number of nitrogens with one attached hydrogen (secondary N) is 1. The molecule has 1 aliphatic rings. The highest BCUT2D eigenvalue weighted by Crippen LogP contribution is 2.37. The van der Waals surface area contributed by atoms with Crippen LogP contribution < -0.4 is 19.5 Å². The zero-order valence-corrected chi connectivity index (χ0v) is 24.1. The molecule has 9 nitrogen and oxygen atoms in total. The summed E-state index contributed by atoms with van der Waals surface area (Å²) in [5.74, 6) is 0.153. The minimum absolute atomic E-state index is 0.0475. The van der Waals surface area contributed by atoms with Crippen molar-refractivity contribution >= 4 is 29.3 Å². The van der Waals surface area contributed by atoms with Gasteiger partial charge < -0.3 is 24.4 Å². The van der Waals surface area contributed by atoms with Gasteiger partial charge in [0.05, 0.1) is 12.9 Å². The molecule has 0 saturated heterocycles. The lowest BCUT2D eigenvalue weighted by atomic mass is 10.0. The fourth-order valence-electron chi connectivity index (χ4n) is 4.54. The number of amides is 2. The van der Waals surface area contributed by atoms with E-state index in [-0.39, 0.29) is 24.7 Å². The maximum atomic E-state index is 14.9. The highest BCUT2D eigenvalue weighted by atomic mass is 32.2. The Morgan fingerprint density at radius 1 is 1.00 bits per heavy atom. The van der Waals surface area contributed by atoms with Crippen molar-refractivity contribution in [1.82, 2.24) is 14.9 Å². The second-order valence-corrected chi connectivity index (χ2v) is 10.5. The average Bonchev–Trinajstić information content (AvgIpc) is 3.45. The van der Waals surface area contributed by atoms with Crippen LogP contribution in [-0.4, -0.2) is 46.3 Å². The summed E-state index contributed by atoms with van der Waals surface area (Å²) in [4.78, 5) is 38.2. The largest absolute Gasteiger partial charge is 0.497 e. The summed E-state index contributed by atoms with van der Waals surface area (Å²) >= 11 is 1.15. The van der Waals surface area contributed by atoms with Gasteiger partial charge in [-0.05, 0) is 67.9 Å². The number of benzene rings is 3. The van der Waals surface area contributed by atoms with Gasteiger partial charge in [-0.1, -0.05) is 36.0 Å². The number of anilines is 1. The summed E-state index contributed by atoms with van der Waals surface area (Å²) in [6, 6.07) is 18.8. The number of methoxy groups -OCH3 is 1. The predicted octanol–water partition coefficient (Wildman–Crippen LogP) is 5.47. The summed E-state index contributed by atoms with van der Waals surface area (Å²) in [7, 11) is 1.55. The molecule has 2 amide bonds. The van der Waals surface area contributed by atoms with Crippen LogP contribution in [0.5, 0.6) is 17.2 Å². The van der Waals surface area contributed by atoms with E-state index in [1.807, 2.05) is 19.9 Å². The van der Waals surface area contributed by atoms with Crippen LogP contribution in [0.15, 0.2) is 78.0 Å². The molecule has 216 valence electrons. The average molecular weight is 589 g/mol. The molecule has 4 aromatic rings. The number of ether oxygens (including phenoxy) is 3. The van der Waals surface area contributed by atoms with Crippen LogP contribution in [0.2, 0.25) is 0 Å². The number of hydrogen-bond acceptors (Lipinski definition) is 8. The number of aryl methyl sites for hydroxylation is 2. The second kappa shape index (κ2) is 12.9. The van der Waals surface area contributed by atoms with Crippen molar-refractivity contribution < 1.29 is 28.2 Å². The maximum Gasteiger partial charge on any atom is 0.251 e. The SMILES string of the molecule is COc1ccc(NC(=O)[C@H](c2ccc3c(c2)OCO3)N(Cc2ccccc2F)C(=O)CSc2nc(C)cc(C)n2)cc1. The van der Waals surface area contributed by atoms with Gasteiger partial charge in [-0.25, -0.2) is 14.4 Å². The molecule has 0 saturated carbocycles. The van der Waals surface area contributed by atoms with E-state index < -0.39 is 23.7 Å². The highest BCUT2D eigenvalue weighted by molar-refractivity contribution is 7.99. The summed E-state index contributed by atoms with van der Waals surface area (Å²) in [6.07, 6.45) is 0. The van der Waals surface area contributed by atoms with Crippen LogP contribution in [0.1, 0.15) is 28.6 Å². The van der Waals surface area contributed by atoms with E-state index in [0.717, 1.165) is 23.1 Å². The van der Waals surface area contributed by atoms with Crippen LogP contribution in [0, 0.1) is 19.7 Å². The predicted molar refractivity (Wildman–Crippen MR) is 156 cm³/mol. The van der Waals surface area contributed by atoms with Crippen molar-refractivity contribution in [3.63, 3.8) is 0 Å². The van der Waals surface area contributed by atoms with E-state index in [2.05, 4.69) is 15.3 Å². The van der Waals surface area contributed by atoms with Crippen LogP contribution in [0.25, 0.3) is 0 Å². The Labute approximate surface area is 247 Å². The minimum Gasteiger partial charge on any atom is -0.497 e. The van der Waals surface area contributed by atoms with Gasteiger partial charge in [0.1, 0.15) is 17.6 Å². The number of fused-ring (bicyclic) bond motifs is 1. The van der Waals surface area contributed by atoms with Gasteiger partial charge in [-0.3, -0.25) is 9.59 Å². The molecule has 0 spiro atoms. The van der Waals surface area contributed by atoms with E-state index in [1.165, 1.54) is 11.0 Å². The first kappa shape index (κ1) is 28.9. The molecule has 0 aliphatic carbocycles. The third-order valence-electron chi connectivity index (χ3n) is 6.54. The normalized spacial score (nSPS) is 12.5. The van der Waals surface area contributed by atoms with Crippen molar-refractivity contribution in [2.45, 2.75) is 31.6 Å². The lowest BCUT2D eigenvalue weighted by molar-refractivity contribution is -0.137. The zero-order chi connectivity index (χ0) is 29.6. The van der Waals surface area contributed by atoms with E-state index in [1.54, 1.807) is 67.8 Å². The Morgan fingerprint density at radius 3 is 2.43 bits per heavy atom. The number of halogens is 1. The molecule has 3 aromatic carbocycles. The summed E-state index contributed by atoms with van der Waals surface area (Å²) < 4.78 is 31.1. The van der Waals surface area contributed by atoms with Gasteiger partial charge in [-0.15, -0.1) is 0 Å². The standard InChI is InChI=1S/C31H29FN4O5S/c1-19-14-20(2)34-31(33-19)42-17-28(37)36(16-22-6-4-5-7-25(22)32)29(21-8-13-26-27(15-21)41-18-40-26)30(38)35-23-9-11-24(39-3)12-10-23/h4-15,29H,16-18H2,1-3H3,(H,35,38)/t29-/m0/s1. The van der Waals surface area contributed by atoms with Crippen molar-refractivity contribution in [2.24, 2.45) is 0 Å². The fraction of sp³-hybridized carbons (Fsp3) is 0.226. The van der Waals surface area contributed by atoms with Gasteiger partial charge in [0.2, 0.25) is 12.7 Å². The van der Waals surface area contributed by atoms with E-state index in [4.69, 9.17) is 14.2 Å². The second-order valence-electron chi connectivity index (χ2n) is 9.57. The highest BCUT2D eigenvalue weighted by Gasteiger charge is 2.33. The van der Waals surface area contributed by atoms with Gasteiger partial charge in [0.25, 0.3) is 5.91 Å². The number of rotatable bonds is 10. The zero-order valence-electron chi connectivity index (χ0n) is 23.3. The number of carbonyl (C=O) groups excluding carboxylic acids is 2. The van der Waals surface area contributed by atoms with Crippen molar-refractivity contribution in [3.8, 4) is 17.2 Å². The first-order chi connectivity index (χ1) is 20.3. The number of aromatic nitrogens is 2. The molecular formula is C31H29FN4O5S. The van der Waals surface area contributed by atoms with E-state index in [0.29, 0.717) is 33.7 Å². The monoisotopic (exact) mass is 588 g/mol. The molecule has 0 radical (unpaired) electrons. The third kappa shape index (κ3) is 6.80. The maximum absolute atomic E-state index is 14.9. The van der Waals surface area contributed by atoms with Crippen molar-refractivity contribution in [1.29, 1.82) is 0 Å². The minimum atomic E-state index is -1.14. The van der Waals surface area contributed by atoms with Crippen LogP contribution in [0.4, 0.5) is 10.1 Å². The molecule has 2 heterocycles. The molecule has 0 bridgehead atoms. The van der Waals surface area contributed by atoms with E-state index >= 15 is 0 Å².